The van der Waals surface area contributed by atoms with Crippen molar-refractivity contribution in [3.63, 3.8) is 0 Å². The highest BCUT2D eigenvalue weighted by atomic mass is 35.5. The molecule has 0 radical (unpaired) electrons. The van der Waals surface area contributed by atoms with Gasteiger partial charge in [-0.3, -0.25) is 0 Å². The number of aryl methyl sites for hydroxylation is 1. The van der Waals surface area contributed by atoms with E-state index in [9.17, 15) is 23.2 Å². The zero-order chi connectivity index (χ0) is 23.5. The van der Waals surface area contributed by atoms with Gasteiger partial charge in [-0.2, -0.15) is 18.4 Å². The molecule has 164 valence electrons. The molecule has 32 heavy (non-hydrogen) atoms. The van der Waals surface area contributed by atoms with Gasteiger partial charge in [0, 0.05) is 21.4 Å². The van der Waals surface area contributed by atoms with E-state index in [0.29, 0.717) is 27.4 Å². The quantitative estimate of drug-likeness (QED) is 0.405. The number of benzene rings is 3. The molecule has 0 unspecified atom stereocenters. The van der Waals surface area contributed by atoms with Crippen LogP contribution in [0.2, 0.25) is 10.0 Å². The average molecular weight is 478 g/mol. The number of carbonyl (C=O) groups excluding carboxylic acids is 1. The highest BCUT2D eigenvalue weighted by Crippen LogP contribution is 2.35. The van der Waals surface area contributed by atoms with Crippen molar-refractivity contribution in [3.05, 3.63) is 93.0 Å². The minimum atomic E-state index is -4.52. The van der Waals surface area contributed by atoms with Crippen molar-refractivity contribution in [2.24, 2.45) is 0 Å². The van der Waals surface area contributed by atoms with E-state index in [1.807, 2.05) is 0 Å². The predicted molar refractivity (Wildman–Crippen MR) is 119 cm³/mol. The van der Waals surface area contributed by atoms with Gasteiger partial charge in [0.25, 0.3) is 0 Å². The highest BCUT2D eigenvalue weighted by molar-refractivity contribution is 6.32. The summed E-state index contributed by atoms with van der Waals surface area (Å²) in [6.07, 6.45) is -4.52. The highest BCUT2D eigenvalue weighted by Gasteiger charge is 2.30. The summed E-state index contributed by atoms with van der Waals surface area (Å²) in [5, 5.41) is 15.4. The van der Waals surface area contributed by atoms with Gasteiger partial charge in [0.1, 0.15) is 0 Å². The van der Waals surface area contributed by atoms with Crippen LogP contribution in [0.25, 0.3) is 0 Å². The standard InChI is InChI=1S/C23H16Cl2F3N3O/c1-13-9-18(19(12-29)14-5-7-16(24)8-6-14)20(25)11-21(13)31-22(32)30-17-4-2-3-15(10-17)23(26,27)28/h2-11,19H,1H3,(H2,30,31,32)/t19-/m1/s1. The van der Waals surface area contributed by atoms with Crippen LogP contribution in [-0.2, 0) is 6.18 Å². The van der Waals surface area contributed by atoms with E-state index in [1.54, 1.807) is 37.3 Å². The van der Waals surface area contributed by atoms with E-state index in [4.69, 9.17) is 23.2 Å². The second kappa shape index (κ2) is 9.51. The van der Waals surface area contributed by atoms with Gasteiger partial charge in [0.05, 0.1) is 17.6 Å². The van der Waals surface area contributed by atoms with Gasteiger partial charge in [-0.05, 0) is 60.0 Å². The van der Waals surface area contributed by atoms with Crippen LogP contribution in [-0.4, -0.2) is 6.03 Å². The van der Waals surface area contributed by atoms with E-state index in [0.717, 1.165) is 12.1 Å². The summed E-state index contributed by atoms with van der Waals surface area (Å²) >= 11 is 12.3. The number of rotatable bonds is 4. The van der Waals surface area contributed by atoms with Crippen molar-refractivity contribution >= 4 is 40.6 Å². The lowest BCUT2D eigenvalue weighted by Crippen LogP contribution is -2.20. The number of halogens is 5. The van der Waals surface area contributed by atoms with Crippen LogP contribution in [0.4, 0.5) is 29.3 Å². The second-order valence-electron chi connectivity index (χ2n) is 6.96. The number of hydrogen-bond donors (Lipinski definition) is 2. The molecule has 0 aliphatic carbocycles. The third kappa shape index (κ3) is 5.52. The Morgan fingerprint density at radius 3 is 2.34 bits per heavy atom. The summed E-state index contributed by atoms with van der Waals surface area (Å²) in [4.78, 5) is 12.3. The van der Waals surface area contributed by atoms with E-state index in [1.165, 1.54) is 18.2 Å². The Kier molecular flexibility index (Phi) is 6.97. The van der Waals surface area contributed by atoms with Crippen LogP contribution in [0, 0.1) is 18.3 Å². The zero-order valence-electron chi connectivity index (χ0n) is 16.6. The largest absolute Gasteiger partial charge is 0.416 e. The van der Waals surface area contributed by atoms with Crippen LogP contribution in [0.1, 0.15) is 28.2 Å². The molecule has 3 aromatic carbocycles. The second-order valence-corrected chi connectivity index (χ2v) is 7.80. The lowest BCUT2D eigenvalue weighted by molar-refractivity contribution is -0.137. The number of alkyl halides is 3. The molecule has 0 spiro atoms. The summed E-state index contributed by atoms with van der Waals surface area (Å²) < 4.78 is 38.6. The third-order valence-corrected chi connectivity index (χ3v) is 5.26. The lowest BCUT2D eigenvalue weighted by atomic mass is 9.91. The SMILES string of the molecule is Cc1cc([C@H](C#N)c2ccc(Cl)cc2)c(Cl)cc1NC(=O)Nc1cccc(C(F)(F)F)c1. The molecule has 0 fully saturated rings. The molecule has 2 N–H and O–H groups in total. The van der Waals surface area contributed by atoms with Crippen molar-refractivity contribution in [2.75, 3.05) is 10.6 Å². The van der Waals surface area contributed by atoms with Crippen LogP contribution in [0.15, 0.2) is 60.7 Å². The van der Waals surface area contributed by atoms with E-state index < -0.39 is 23.7 Å². The third-order valence-electron chi connectivity index (χ3n) is 4.68. The average Bonchev–Trinajstić information content (AvgIpc) is 2.73. The van der Waals surface area contributed by atoms with Crippen molar-refractivity contribution in [1.29, 1.82) is 5.26 Å². The minimum Gasteiger partial charge on any atom is -0.308 e. The predicted octanol–water partition coefficient (Wildman–Crippen LogP) is 7.62. The maximum absolute atomic E-state index is 12.9. The summed E-state index contributed by atoms with van der Waals surface area (Å²) in [6.45, 7) is 1.72. The smallest absolute Gasteiger partial charge is 0.308 e. The fourth-order valence-electron chi connectivity index (χ4n) is 3.10. The van der Waals surface area contributed by atoms with E-state index >= 15 is 0 Å². The van der Waals surface area contributed by atoms with E-state index in [2.05, 4.69) is 16.7 Å². The summed E-state index contributed by atoms with van der Waals surface area (Å²) in [6, 6.07) is 15.8. The number of nitriles is 1. The molecule has 0 aliphatic heterocycles. The first-order valence-corrected chi connectivity index (χ1v) is 10.0. The number of nitrogens with zero attached hydrogens (tertiary/aromatic N) is 1. The Hall–Kier alpha value is -3.21. The molecule has 2 amide bonds. The molecule has 4 nitrogen and oxygen atoms in total. The van der Waals surface area contributed by atoms with Gasteiger partial charge in [-0.1, -0.05) is 47.5 Å². The molecule has 0 saturated carbocycles. The Balaban J connectivity index is 1.80. The normalized spacial score (nSPS) is 12.0. The first-order valence-electron chi connectivity index (χ1n) is 9.29. The van der Waals surface area contributed by atoms with Gasteiger partial charge >= 0.3 is 12.2 Å². The lowest BCUT2D eigenvalue weighted by Gasteiger charge is -2.16. The fraction of sp³-hybridized carbons (Fsp3) is 0.130. The number of urea groups is 1. The number of nitrogens with one attached hydrogen (secondary N) is 2. The van der Waals surface area contributed by atoms with Gasteiger partial charge in [-0.25, -0.2) is 4.79 Å². The number of amides is 2. The summed E-state index contributed by atoms with van der Waals surface area (Å²) in [5.41, 5.74) is 1.36. The molecular weight excluding hydrogens is 462 g/mol. The number of anilines is 2. The van der Waals surface area contributed by atoms with E-state index in [-0.39, 0.29) is 10.7 Å². The van der Waals surface area contributed by atoms with Crippen LogP contribution < -0.4 is 10.6 Å². The van der Waals surface area contributed by atoms with Crippen LogP contribution in [0.5, 0.6) is 0 Å². The van der Waals surface area contributed by atoms with Crippen molar-refractivity contribution in [1.82, 2.24) is 0 Å². The minimum absolute atomic E-state index is 0.00928. The molecule has 3 aromatic rings. The Morgan fingerprint density at radius 1 is 1.03 bits per heavy atom. The Morgan fingerprint density at radius 2 is 1.72 bits per heavy atom. The van der Waals surface area contributed by atoms with Gasteiger partial charge in [0.15, 0.2) is 0 Å². The van der Waals surface area contributed by atoms with Crippen molar-refractivity contribution in [3.8, 4) is 6.07 Å². The summed E-state index contributed by atoms with van der Waals surface area (Å²) in [5.74, 6) is -0.647. The maximum Gasteiger partial charge on any atom is 0.416 e. The molecule has 0 bridgehead atoms. The topological polar surface area (TPSA) is 64.9 Å². The molecule has 0 aromatic heterocycles. The van der Waals surface area contributed by atoms with Crippen molar-refractivity contribution in [2.45, 2.75) is 19.0 Å². The number of hydrogen-bond acceptors (Lipinski definition) is 2. The first-order chi connectivity index (χ1) is 15.1. The van der Waals surface area contributed by atoms with Gasteiger partial charge < -0.3 is 10.6 Å². The van der Waals surface area contributed by atoms with Gasteiger partial charge in [0.2, 0.25) is 0 Å². The molecule has 1 atom stereocenters. The molecule has 0 saturated heterocycles. The molecule has 9 heteroatoms. The van der Waals surface area contributed by atoms with Crippen LogP contribution in [0.3, 0.4) is 0 Å². The molecule has 3 rings (SSSR count). The van der Waals surface area contributed by atoms with Crippen molar-refractivity contribution < 1.29 is 18.0 Å². The molecular formula is C23H16Cl2F3N3O. The van der Waals surface area contributed by atoms with Crippen LogP contribution >= 0.6 is 23.2 Å². The molecule has 0 heterocycles. The fourth-order valence-corrected chi connectivity index (χ4v) is 3.50. The Labute approximate surface area is 192 Å². The first kappa shape index (κ1) is 23.5. The maximum atomic E-state index is 12.9. The summed E-state index contributed by atoms with van der Waals surface area (Å²) in [7, 11) is 0. The molecule has 0 aliphatic rings. The zero-order valence-corrected chi connectivity index (χ0v) is 18.1. The Bertz CT molecular complexity index is 1190. The monoisotopic (exact) mass is 477 g/mol. The van der Waals surface area contributed by atoms with Gasteiger partial charge in [-0.15, -0.1) is 0 Å². The number of carbonyl (C=O) groups is 1.